The van der Waals surface area contributed by atoms with Crippen LogP contribution in [0.4, 0.5) is 11.5 Å². The molecule has 11 heteroatoms. The maximum atomic E-state index is 12.2. The van der Waals surface area contributed by atoms with Gasteiger partial charge in [0.05, 0.1) is 11.4 Å². The molecule has 0 aliphatic rings. The number of thiocarbonyl (C=S) groups is 1. The number of amides is 1. The zero-order chi connectivity index (χ0) is 22.4. The highest BCUT2D eigenvalue weighted by atomic mass is 79.9. The largest absolute Gasteiger partial charge is 0.353 e. The number of nitrogens with one attached hydrogen (secondary N) is 3. The van der Waals surface area contributed by atoms with Gasteiger partial charge in [0.1, 0.15) is 5.82 Å². The monoisotopic (exact) mass is 519 g/mol. The number of nitrogens with zero attached hydrogens (tertiary/aromatic N) is 1. The van der Waals surface area contributed by atoms with Crippen LogP contribution in [0, 0.1) is 0 Å². The van der Waals surface area contributed by atoms with E-state index in [-0.39, 0.29) is 22.5 Å². The van der Waals surface area contributed by atoms with Gasteiger partial charge in [-0.05, 0) is 64.0 Å². The van der Waals surface area contributed by atoms with Crippen LogP contribution in [-0.4, -0.2) is 31.0 Å². The molecule has 3 aromatic rings. The number of rotatable bonds is 6. The van der Waals surface area contributed by atoms with Crippen molar-refractivity contribution in [3.8, 4) is 11.1 Å². The number of carbonyl (C=O) groups excluding carboxylic acids is 1. The molecule has 31 heavy (non-hydrogen) atoms. The quantitative estimate of drug-likeness (QED) is 0.368. The minimum atomic E-state index is -3.85. The first-order valence-corrected chi connectivity index (χ1v) is 11.7. The summed E-state index contributed by atoms with van der Waals surface area (Å²) in [6.45, 7) is -0.0433. The number of hydrogen-bond acceptors (Lipinski definition) is 5. The van der Waals surface area contributed by atoms with Crippen molar-refractivity contribution in [3.05, 3.63) is 71.3 Å². The highest BCUT2D eigenvalue weighted by Crippen LogP contribution is 2.27. The molecule has 8 nitrogen and oxygen atoms in total. The maximum absolute atomic E-state index is 12.2. The van der Waals surface area contributed by atoms with Gasteiger partial charge in [-0.15, -0.1) is 0 Å². The molecule has 5 N–H and O–H groups in total. The molecule has 0 bridgehead atoms. The number of pyridine rings is 1. The fourth-order valence-electron chi connectivity index (χ4n) is 2.66. The summed E-state index contributed by atoms with van der Waals surface area (Å²) in [5.41, 5.74) is 1.70. The van der Waals surface area contributed by atoms with Crippen molar-refractivity contribution in [2.24, 2.45) is 5.14 Å². The van der Waals surface area contributed by atoms with Crippen LogP contribution in [0.1, 0.15) is 0 Å². The van der Waals surface area contributed by atoms with Crippen molar-refractivity contribution in [2.75, 3.05) is 17.2 Å². The van der Waals surface area contributed by atoms with Gasteiger partial charge in [0.25, 0.3) is 0 Å². The molecule has 0 fully saturated rings. The van der Waals surface area contributed by atoms with Gasteiger partial charge in [-0.1, -0.05) is 30.3 Å². The van der Waals surface area contributed by atoms with Crippen molar-refractivity contribution < 1.29 is 13.2 Å². The van der Waals surface area contributed by atoms with E-state index in [0.717, 1.165) is 4.47 Å². The van der Waals surface area contributed by atoms with E-state index < -0.39 is 10.0 Å². The molecule has 1 heterocycles. The van der Waals surface area contributed by atoms with Crippen LogP contribution in [0.25, 0.3) is 11.1 Å². The molecule has 2 aromatic carbocycles. The van der Waals surface area contributed by atoms with E-state index in [1.165, 1.54) is 6.07 Å². The Labute approximate surface area is 193 Å². The summed E-state index contributed by atoms with van der Waals surface area (Å²) in [6.07, 6.45) is 1.63. The molecule has 0 radical (unpaired) electrons. The van der Waals surface area contributed by atoms with Gasteiger partial charge in [0, 0.05) is 21.9 Å². The SMILES string of the molecule is NS(=O)(=O)c1ccccc1-c1ccc(NC(=O)CNC(=S)Nc2ccc(Br)cn2)cc1. The van der Waals surface area contributed by atoms with E-state index in [9.17, 15) is 13.2 Å². The first-order valence-electron chi connectivity index (χ1n) is 8.91. The third kappa shape index (κ3) is 6.56. The van der Waals surface area contributed by atoms with Crippen molar-refractivity contribution >= 4 is 60.7 Å². The molecular weight excluding hydrogens is 502 g/mol. The maximum Gasteiger partial charge on any atom is 0.243 e. The minimum Gasteiger partial charge on any atom is -0.353 e. The summed E-state index contributed by atoms with van der Waals surface area (Å²) >= 11 is 8.45. The van der Waals surface area contributed by atoms with E-state index in [0.29, 0.717) is 22.6 Å². The number of benzene rings is 2. The van der Waals surface area contributed by atoms with Crippen LogP contribution < -0.4 is 21.1 Å². The summed E-state index contributed by atoms with van der Waals surface area (Å²) in [5.74, 6) is 0.252. The first kappa shape index (κ1) is 22.8. The number of nitrogens with two attached hydrogens (primary N) is 1. The Balaban J connectivity index is 1.57. The normalized spacial score (nSPS) is 10.9. The lowest BCUT2D eigenvalue weighted by Gasteiger charge is -2.11. The van der Waals surface area contributed by atoms with Gasteiger partial charge in [-0.3, -0.25) is 4.79 Å². The van der Waals surface area contributed by atoms with Gasteiger partial charge >= 0.3 is 0 Å². The van der Waals surface area contributed by atoms with Crippen molar-refractivity contribution in [3.63, 3.8) is 0 Å². The average molecular weight is 520 g/mol. The van der Waals surface area contributed by atoms with E-state index in [1.54, 1.807) is 54.7 Å². The summed E-state index contributed by atoms with van der Waals surface area (Å²) in [7, 11) is -3.85. The molecule has 1 amide bonds. The number of anilines is 2. The Morgan fingerprint density at radius 1 is 1.03 bits per heavy atom. The Morgan fingerprint density at radius 2 is 1.74 bits per heavy atom. The molecule has 0 saturated heterocycles. The average Bonchev–Trinajstić information content (AvgIpc) is 2.74. The third-order valence-corrected chi connectivity index (χ3v) is 5.74. The standard InChI is InChI=1S/C20H18BrN5O3S2/c21-14-7-10-18(23-11-14)26-20(30)24-12-19(27)25-15-8-5-13(6-9-15)16-3-1-2-4-17(16)31(22,28)29/h1-11H,12H2,(H,25,27)(H2,22,28,29)(H2,23,24,26,30). The number of halogens is 1. The molecule has 3 rings (SSSR count). The van der Waals surface area contributed by atoms with Crippen molar-refractivity contribution in [1.82, 2.24) is 10.3 Å². The number of primary sulfonamides is 1. The fourth-order valence-corrected chi connectivity index (χ4v) is 3.83. The van der Waals surface area contributed by atoms with Crippen LogP contribution in [0.5, 0.6) is 0 Å². The van der Waals surface area contributed by atoms with E-state index in [4.69, 9.17) is 17.4 Å². The van der Waals surface area contributed by atoms with Crippen LogP contribution in [-0.2, 0) is 14.8 Å². The predicted molar refractivity (Wildman–Crippen MR) is 128 cm³/mol. The van der Waals surface area contributed by atoms with Crippen LogP contribution in [0.2, 0.25) is 0 Å². The van der Waals surface area contributed by atoms with Crippen LogP contribution >= 0.6 is 28.1 Å². The molecule has 0 atom stereocenters. The zero-order valence-electron chi connectivity index (χ0n) is 16.0. The Hall–Kier alpha value is -2.86. The number of sulfonamides is 1. The summed E-state index contributed by atoms with van der Waals surface area (Å²) in [5, 5.41) is 14.0. The highest BCUT2D eigenvalue weighted by molar-refractivity contribution is 9.10. The highest BCUT2D eigenvalue weighted by Gasteiger charge is 2.14. The van der Waals surface area contributed by atoms with Crippen molar-refractivity contribution in [2.45, 2.75) is 4.90 Å². The Morgan fingerprint density at radius 3 is 2.39 bits per heavy atom. The van der Waals surface area contributed by atoms with Gasteiger partial charge < -0.3 is 16.0 Å². The lowest BCUT2D eigenvalue weighted by molar-refractivity contribution is -0.115. The first-order chi connectivity index (χ1) is 14.7. The Kier molecular flexibility index (Phi) is 7.33. The number of aromatic nitrogens is 1. The molecule has 0 spiro atoms. The van der Waals surface area contributed by atoms with Gasteiger partial charge in [0.15, 0.2) is 5.11 Å². The predicted octanol–water partition coefficient (Wildman–Crippen LogP) is 3.08. The van der Waals surface area contributed by atoms with Crippen LogP contribution in [0.15, 0.2) is 76.2 Å². The molecule has 0 unspecified atom stereocenters. The molecule has 0 aliphatic heterocycles. The second-order valence-electron chi connectivity index (χ2n) is 6.34. The molecule has 0 saturated carbocycles. The second-order valence-corrected chi connectivity index (χ2v) is 9.19. The topological polar surface area (TPSA) is 126 Å². The molecule has 0 aliphatic carbocycles. The smallest absolute Gasteiger partial charge is 0.243 e. The van der Waals surface area contributed by atoms with Gasteiger partial charge in [0.2, 0.25) is 15.9 Å². The lowest BCUT2D eigenvalue weighted by atomic mass is 10.1. The van der Waals surface area contributed by atoms with E-state index in [2.05, 4.69) is 36.9 Å². The minimum absolute atomic E-state index is 0.0391. The lowest BCUT2D eigenvalue weighted by Crippen LogP contribution is -2.35. The van der Waals surface area contributed by atoms with Gasteiger partial charge in [-0.2, -0.15) is 0 Å². The molecular formula is C20H18BrN5O3S2. The van der Waals surface area contributed by atoms with E-state index >= 15 is 0 Å². The number of carbonyl (C=O) groups is 1. The molecule has 1 aromatic heterocycles. The fraction of sp³-hybridized carbons (Fsp3) is 0.0500. The number of hydrogen-bond donors (Lipinski definition) is 4. The summed E-state index contributed by atoms with van der Waals surface area (Å²) in [6, 6.07) is 16.8. The van der Waals surface area contributed by atoms with E-state index in [1.807, 2.05) is 6.07 Å². The summed E-state index contributed by atoms with van der Waals surface area (Å²) in [4.78, 5) is 16.4. The second kappa shape index (κ2) is 9.96. The van der Waals surface area contributed by atoms with Crippen LogP contribution in [0.3, 0.4) is 0 Å². The van der Waals surface area contributed by atoms with Gasteiger partial charge in [-0.25, -0.2) is 18.5 Å². The van der Waals surface area contributed by atoms with Crippen molar-refractivity contribution in [1.29, 1.82) is 0 Å². The third-order valence-electron chi connectivity index (χ3n) is 4.05. The Bertz CT molecular complexity index is 1200. The zero-order valence-corrected chi connectivity index (χ0v) is 19.2. The molecule has 160 valence electrons. The summed E-state index contributed by atoms with van der Waals surface area (Å²) < 4.78 is 24.4.